The summed E-state index contributed by atoms with van der Waals surface area (Å²) in [4.78, 5) is 14.0. The van der Waals surface area contributed by atoms with Crippen molar-refractivity contribution in [1.82, 2.24) is 4.90 Å². The number of primary amides is 1. The molecule has 1 amide bonds. The van der Waals surface area contributed by atoms with Crippen molar-refractivity contribution in [3.8, 4) is 0 Å². The monoisotopic (exact) mass is 306 g/mol. The standard InChI is InChI=1S/C10H12BrFN2OS/c11-7-3-8(16-5-7)4-14-2-1-10(12,6-14)9(13)15/h3,5H,1-2,4,6H2,(H2,13,15). The molecule has 0 spiro atoms. The van der Waals surface area contributed by atoms with Crippen LogP contribution in [0.5, 0.6) is 0 Å². The van der Waals surface area contributed by atoms with Gasteiger partial charge in [0.25, 0.3) is 5.91 Å². The first kappa shape index (κ1) is 12.0. The topological polar surface area (TPSA) is 46.3 Å². The minimum absolute atomic E-state index is 0.109. The van der Waals surface area contributed by atoms with Gasteiger partial charge in [-0.3, -0.25) is 9.69 Å². The molecule has 1 atom stereocenters. The van der Waals surface area contributed by atoms with E-state index in [1.807, 2.05) is 16.3 Å². The van der Waals surface area contributed by atoms with Crippen LogP contribution in [0.1, 0.15) is 11.3 Å². The molecule has 6 heteroatoms. The van der Waals surface area contributed by atoms with Crippen molar-refractivity contribution in [2.24, 2.45) is 5.73 Å². The van der Waals surface area contributed by atoms with Gasteiger partial charge in [0, 0.05) is 40.8 Å². The zero-order chi connectivity index (χ0) is 11.8. The van der Waals surface area contributed by atoms with Crippen LogP contribution in [0, 0.1) is 0 Å². The molecule has 1 unspecified atom stereocenters. The minimum atomic E-state index is -1.84. The molecule has 2 N–H and O–H groups in total. The minimum Gasteiger partial charge on any atom is -0.367 e. The van der Waals surface area contributed by atoms with Crippen LogP contribution in [0.25, 0.3) is 0 Å². The van der Waals surface area contributed by atoms with Crippen molar-refractivity contribution < 1.29 is 9.18 Å². The summed E-state index contributed by atoms with van der Waals surface area (Å²) in [6.07, 6.45) is 0.203. The highest BCUT2D eigenvalue weighted by Gasteiger charge is 2.43. The highest BCUT2D eigenvalue weighted by Crippen LogP contribution is 2.28. The Balaban J connectivity index is 1.97. The van der Waals surface area contributed by atoms with Crippen molar-refractivity contribution in [2.75, 3.05) is 13.1 Å². The number of amides is 1. The summed E-state index contributed by atoms with van der Waals surface area (Å²) in [5, 5.41) is 1.99. The first-order valence-corrected chi connectivity index (χ1v) is 6.61. The molecule has 1 aliphatic rings. The number of carbonyl (C=O) groups is 1. The number of carbonyl (C=O) groups excluding carboxylic acids is 1. The third-order valence-electron chi connectivity index (χ3n) is 2.74. The van der Waals surface area contributed by atoms with Crippen LogP contribution in [0.3, 0.4) is 0 Å². The maximum Gasteiger partial charge on any atom is 0.256 e. The summed E-state index contributed by atoms with van der Waals surface area (Å²) < 4.78 is 14.9. The molecule has 1 aromatic rings. The molecule has 2 rings (SSSR count). The van der Waals surface area contributed by atoms with Crippen LogP contribution in [0.15, 0.2) is 15.9 Å². The van der Waals surface area contributed by atoms with E-state index >= 15 is 0 Å². The van der Waals surface area contributed by atoms with Crippen LogP contribution in [0.4, 0.5) is 4.39 Å². The van der Waals surface area contributed by atoms with Gasteiger partial charge in [0.1, 0.15) is 0 Å². The molecule has 0 radical (unpaired) electrons. The molecular weight excluding hydrogens is 295 g/mol. The van der Waals surface area contributed by atoms with Gasteiger partial charge in [-0.25, -0.2) is 4.39 Å². The molecule has 0 saturated carbocycles. The third kappa shape index (κ3) is 2.44. The number of hydrogen-bond donors (Lipinski definition) is 1. The second kappa shape index (κ2) is 4.43. The molecule has 1 fully saturated rings. The van der Waals surface area contributed by atoms with Gasteiger partial charge in [0.15, 0.2) is 0 Å². The van der Waals surface area contributed by atoms with E-state index in [0.29, 0.717) is 13.1 Å². The lowest BCUT2D eigenvalue weighted by molar-refractivity contribution is -0.128. The summed E-state index contributed by atoms with van der Waals surface area (Å²) in [7, 11) is 0. The van der Waals surface area contributed by atoms with E-state index < -0.39 is 11.6 Å². The van der Waals surface area contributed by atoms with Crippen LogP contribution >= 0.6 is 27.3 Å². The van der Waals surface area contributed by atoms with Crippen molar-refractivity contribution in [3.63, 3.8) is 0 Å². The van der Waals surface area contributed by atoms with E-state index in [0.717, 1.165) is 9.35 Å². The van der Waals surface area contributed by atoms with Gasteiger partial charge >= 0.3 is 0 Å². The predicted molar refractivity (Wildman–Crippen MR) is 64.9 cm³/mol. The Morgan fingerprint density at radius 2 is 2.50 bits per heavy atom. The van der Waals surface area contributed by atoms with Crippen LogP contribution in [-0.2, 0) is 11.3 Å². The number of alkyl halides is 1. The van der Waals surface area contributed by atoms with E-state index in [-0.39, 0.29) is 13.0 Å². The van der Waals surface area contributed by atoms with E-state index in [4.69, 9.17) is 5.73 Å². The SMILES string of the molecule is NC(=O)C1(F)CCN(Cc2cc(Br)cs2)C1. The summed E-state index contributed by atoms with van der Waals surface area (Å²) in [5.41, 5.74) is 3.21. The van der Waals surface area contributed by atoms with E-state index in [1.54, 1.807) is 11.3 Å². The molecule has 0 aliphatic carbocycles. The third-order valence-corrected chi connectivity index (χ3v) is 4.42. The fourth-order valence-corrected chi connectivity index (χ4v) is 3.33. The number of halogens is 2. The zero-order valence-corrected chi connectivity index (χ0v) is 11.0. The molecule has 3 nitrogen and oxygen atoms in total. The van der Waals surface area contributed by atoms with Gasteiger partial charge in [-0.2, -0.15) is 0 Å². The Morgan fingerprint density at radius 3 is 3.00 bits per heavy atom. The second-order valence-corrected chi connectivity index (χ2v) is 5.93. The number of hydrogen-bond acceptors (Lipinski definition) is 3. The van der Waals surface area contributed by atoms with Crippen molar-refractivity contribution in [3.05, 3.63) is 20.8 Å². The van der Waals surface area contributed by atoms with Crippen molar-refractivity contribution in [2.45, 2.75) is 18.6 Å². The molecule has 1 aromatic heterocycles. The largest absolute Gasteiger partial charge is 0.367 e. The van der Waals surface area contributed by atoms with Crippen molar-refractivity contribution in [1.29, 1.82) is 0 Å². The van der Waals surface area contributed by atoms with E-state index in [2.05, 4.69) is 15.9 Å². The van der Waals surface area contributed by atoms with Crippen molar-refractivity contribution >= 4 is 33.2 Å². The Morgan fingerprint density at radius 1 is 1.75 bits per heavy atom. The predicted octanol–water partition coefficient (Wildman–Crippen LogP) is 1.91. The van der Waals surface area contributed by atoms with Gasteiger partial charge in [0.2, 0.25) is 5.67 Å². The quantitative estimate of drug-likeness (QED) is 0.927. The average Bonchev–Trinajstić information content (AvgIpc) is 2.75. The lowest BCUT2D eigenvalue weighted by atomic mass is 10.1. The molecule has 1 aliphatic heterocycles. The second-order valence-electron chi connectivity index (χ2n) is 4.02. The van der Waals surface area contributed by atoms with Gasteiger partial charge < -0.3 is 5.73 Å². The zero-order valence-electron chi connectivity index (χ0n) is 8.58. The number of likely N-dealkylation sites (tertiary alicyclic amines) is 1. The number of thiophene rings is 1. The normalized spacial score (nSPS) is 26.1. The van der Waals surface area contributed by atoms with Crippen LogP contribution in [0.2, 0.25) is 0 Å². The molecule has 1 saturated heterocycles. The molecule has 0 aromatic carbocycles. The molecule has 16 heavy (non-hydrogen) atoms. The maximum absolute atomic E-state index is 13.9. The fourth-order valence-electron chi connectivity index (χ4n) is 1.84. The summed E-state index contributed by atoms with van der Waals surface area (Å²) >= 11 is 4.99. The smallest absolute Gasteiger partial charge is 0.256 e. The molecule has 0 bridgehead atoms. The molecule has 2 heterocycles. The Labute approximate surface area is 106 Å². The summed E-state index contributed by atoms with van der Waals surface area (Å²) in [6.45, 7) is 1.36. The first-order chi connectivity index (χ1) is 7.49. The van der Waals surface area contributed by atoms with Gasteiger partial charge in [-0.15, -0.1) is 11.3 Å². The highest BCUT2D eigenvalue weighted by molar-refractivity contribution is 9.10. The number of rotatable bonds is 3. The van der Waals surface area contributed by atoms with Gasteiger partial charge in [-0.1, -0.05) is 0 Å². The van der Waals surface area contributed by atoms with Gasteiger partial charge in [0.05, 0.1) is 0 Å². The molecule has 88 valence electrons. The van der Waals surface area contributed by atoms with Gasteiger partial charge in [-0.05, 0) is 22.0 Å². The average molecular weight is 307 g/mol. The summed E-state index contributed by atoms with van der Waals surface area (Å²) in [5.74, 6) is -0.845. The fraction of sp³-hybridized carbons (Fsp3) is 0.500. The first-order valence-electron chi connectivity index (χ1n) is 4.94. The number of nitrogens with zero attached hydrogens (tertiary/aromatic N) is 1. The van der Waals surface area contributed by atoms with Crippen LogP contribution in [-0.4, -0.2) is 29.6 Å². The Bertz CT molecular complexity index is 411. The lowest BCUT2D eigenvalue weighted by Gasteiger charge is -2.17. The van der Waals surface area contributed by atoms with E-state index in [1.165, 1.54) is 0 Å². The van der Waals surface area contributed by atoms with E-state index in [9.17, 15) is 9.18 Å². The number of nitrogens with two attached hydrogens (primary N) is 1. The maximum atomic E-state index is 13.9. The van der Waals surface area contributed by atoms with Crippen LogP contribution < -0.4 is 5.73 Å². The lowest BCUT2D eigenvalue weighted by Crippen LogP contribution is -2.42. The summed E-state index contributed by atoms with van der Waals surface area (Å²) in [6, 6.07) is 2.01. The highest BCUT2D eigenvalue weighted by atomic mass is 79.9. The Hall–Kier alpha value is -0.460. The molecular formula is C10H12BrFN2OS. The Kier molecular flexibility index (Phi) is 3.32.